The highest BCUT2D eigenvalue weighted by Crippen LogP contribution is 2.39. The molecule has 0 spiro atoms. The Hall–Kier alpha value is -1.36. The van der Waals surface area contributed by atoms with Crippen LogP contribution >= 0.6 is 0 Å². The quantitative estimate of drug-likeness (QED) is 0.848. The molecular weight excluding hydrogens is 240 g/mol. The number of aromatic nitrogens is 2. The lowest BCUT2D eigenvalue weighted by Gasteiger charge is -2.30. The second kappa shape index (κ2) is 4.96. The van der Waals surface area contributed by atoms with E-state index in [1.54, 1.807) is 13.8 Å². The predicted octanol–water partition coefficient (Wildman–Crippen LogP) is 1.84. The van der Waals surface area contributed by atoms with E-state index in [-0.39, 0.29) is 0 Å². The summed E-state index contributed by atoms with van der Waals surface area (Å²) < 4.78 is 0. The smallest absolute Gasteiger partial charge is 0.137 e. The van der Waals surface area contributed by atoms with Gasteiger partial charge in [0.2, 0.25) is 0 Å². The van der Waals surface area contributed by atoms with Crippen molar-refractivity contribution in [3.63, 3.8) is 0 Å². The van der Waals surface area contributed by atoms with Gasteiger partial charge in [-0.1, -0.05) is 0 Å². The fourth-order valence-electron chi connectivity index (χ4n) is 2.17. The van der Waals surface area contributed by atoms with E-state index in [0.717, 1.165) is 36.6 Å². The molecule has 2 rings (SSSR count). The zero-order chi connectivity index (χ0) is 14.2. The summed E-state index contributed by atoms with van der Waals surface area (Å²) in [5.41, 5.74) is 6.14. The first-order valence-corrected chi connectivity index (χ1v) is 6.93. The van der Waals surface area contributed by atoms with Crippen molar-refractivity contribution in [2.24, 2.45) is 0 Å². The standard InChI is InChI=1S/C14H24N4O/c1-5-18(8-14(3,4)19)13-9(2)11(15)16-12(17-13)10-6-7-10/h10,19H,5-8H2,1-4H3,(H2,15,16,17). The summed E-state index contributed by atoms with van der Waals surface area (Å²) in [6, 6.07) is 0. The number of likely N-dealkylation sites (N-methyl/N-ethyl adjacent to an activating group) is 1. The van der Waals surface area contributed by atoms with E-state index in [1.807, 2.05) is 6.92 Å². The number of nitrogens with zero attached hydrogens (tertiary/aromatic N) is 3. The third kappa shape index (κ3) is 3.35. The van der Waals surface area contributed by atoms with Gasteiger partial charge in [-0.15, -0.1) is 0 Å². The molecule has 1 aliphatic rings. The van der Waals surface area contributed by atoms with Crippen molar-refractivity contribution in [3.05, 3.63) is 11.4 Å². The Kier molecular flexibility index (Phi) is 3.67. The molecule has 1 aliphatic carbocycles. The molecule has 0 bridgehead atoms. The predicted molar refractivity (Wildman–Crippen MR) is 77.3 cm³/mol. The number of hydrogen-bond donors (Lipinski definition) is 2. The van der Waals surface area contributed by atoms with Crippen molar-refractivity contribution in [1.82, 2.24) is 9.97 Å². The molecule has 5 nitrogen and oxygen atoms in total. The summed E-state index contributed by atoms with van der Waals surface area (Å²) in [6.07, 6.45) is 2.30. The van der Waals surface area contributed by atoms with Crippen LogP contribution in [0.5, 0.6) is 0 Å². The minimum absolute atomic E-state index is 0.475. The molecule has 1 saturated carbocycles. The summed E-state index contributed by atoms with van der Waals surface area (Å²) in [4.78, 5) is 11.1. The molecule has 5 heteroatoms. The van der Waals surface area contributed by atoms with Gasteiger partial charge in [-0.25, -0.2) is 9.97 Å². The van der Waals surface area contributed by atoms with E-state index in [9.17, 15) is 5.11 Å². The van der Waals surface area contributed by atoms with Crippen molar-refractivity contribution < 1.29 is 5.11 Å². The lowest BCUT2D eigenvalue weighted by atomic mass is 10.1. The lowest BCUT2D eigenvalue weighted by molar-refractivity contribution is 0.0874. The lowest BCUT2D eigenvalue weighted by Crippen LogP contribution is -2.39. The monoisotopic (exact) mass is 264 g/mol. The van der Waals surface area contributed by atoms with Crippen LogP contribution in [0.2, 0.25) is 0 Å². The van der Waals surface area contributed by atoms with Crippen LogP contribution in [0, 0.1) is 6.92 Å². The van der Waals surface area contributed by atoms with Gasteiger partial charge in [0.15, 0.2) is 0 Å². The zero-order valence-electron chi connectivity index (χ0n) is 12.3. The van der Waals surface area contributed by atoms with Gasteiger partial charge in [0.25, 0.3) is 0 Å². The number of aliphatic hydroxyl groups is 1. The minimum Gasteiger partial charge on any atom is -0.389 e. The summed E-state index contributed by atoms with van der Waals surface area (Å²) in [7, 11) is 0. The van der Waals surface area contributed by atoms with Crippen LogP contribution in [0.4, 0.5) is 11.6 Å². The van der Waals surface area contributed by atoms with E-state index in [2.05, 4.69) is 21.8 Å². The van der Waals surface area contributed by atoms with Crippen LogP contribution in [0.25, 0.3) is 0 Å². The van der Waals surface area contributed by atoms with Crippen LogP contribution in [0.3, 0.4) is 0 Å². The van der Waals surface area contributed by atoms with Crippen LogP contribution in [0.1, 0.15) is 50.9 Å². The van der Waals surface area contributed by atoms with E-state index < -0.39 is 5.60 Å². The van der Waals surface area contributed by atoms with Gasteiger partial charge in [-0.3, -0.25) is 0 Å². The fourth-order valence-corrected chi connectivity index (χ4v) is 2.17. The topological polar surface area (TPSA) is 75.3 Å². The van der Waals surface area contributed by atoms with Crippen molar-refractivity contribution in [3.8, 4) is 0 Å². The second-order valence-electron chi connectivity index (χ2n) is 6.02. The highest BCUT2D eigenvalue weighted by atomic mass is 16.3. The maximum Gasteiger partial charge on any atom is 0.137 e. The molecule has 0 aromatic carbocycles. The summed E-state index contributed by atoms with van der Waals surface area (Å²) in [5.74, 6) is 2.75. The first-order valence-electron chi connectivity index (χ1n) is 6.93. The molecule has 19 heavy (non-hydrogen) atoms. The van der Waals surface area contributed by atoms with Gasteiger partial charge in [-0.05, 0) is 40.5 Å². The molecular formula is C14H24N4O. The largest absolute Gasteiger partial charge is 0.389 e. The molecule has 0 amide bonds. The number of rotatable bonds is 5. The molecule has 1 aromatic heterocycles. The van der Waals surface area contributed by atoms with Crippen LogP contribution in [0.15, 0.2) is 0 Å². The Morgan fingerprint density at radius 3 is 2.47 bits per heavy atom. The molecule has 0 atom stereocenters. The molecule has 1 aromatic rings. The zero-order valence-corrected chi connectivity index (χ0v) is 12.3. The third-order valence-corrected chi connectivity index (χ3v) is 3.38. The Morgan fingerprint density at radius 1 is 1.37 bits per heavy atom. The SMILES string of the molecule is CCN(CC(C)(C)O)c1nc(C2CC2)nc(N)c1C. The van der Waals surface area contributed by atoms with Gasteiger partial charge < -0.3 is 15.7 Å². The van der Waals surface area contributed by atoms with Gasteiger partial charge in [0, 0.05) is 24.6 Å². The second-order valence-corrected chi connectivity index (χ2v) is 6.02. The minimum atomic E-state index is -0.762. The Balaban J connectivity index is 2.35. The van der Waals surface area contributed by atoms with Crippen molar-refractivity contribution >= 4 is 11.6 Å². The molecule has 106 valence electrons. The average molecular weight is 264 g/mol. The molecule has 0 radical (unpaired) electrons. The molecule has 3 N–H and O–H groups in total. The van der Waals surface area contributed by atoms with Gasteiger partial charge in [-0.2, -0.15) is 0 Å². The van der Waals surface area contributed by atoms with Crippen molar-refractivity contribution in [2.45, 2.75) is 52.1 Å². The number of hydrogen-bond acceptors (Lipinski definition) is 5. The molecule has 0 saturated heterocycles. The maximum absolute atomic E-state index is 10.0. The molecule has 1 heterocycles. The highest BCUT2D eigenvalue weighted by Gasteiger charge is 2.29. The third-order valence-electron chi connectivity index (χ3n) is 3.38. The Labute approximate surface area is 114 Å². The van der Waals surface area contributed by atoms with Gasteiger partial charge in [0.1, 0.15) is 17.5 Å². The summed E-state index contributed by atoms with van der Waals surface area (Å²) in [6.45, 7) is 8.92. The van der Waals surface area contributed by atoms with Gasteiger partial charge in [0.05, 0.1) is 5.60 Å². The first-order chi connectivity index (χ1) is 8.81. The Bertz CT molecular complexity index is 463. The molecule has 0 unspecified atom stereocenters. The number of nitrogen functional groups attached to an aromatic ring is 1. The summed E-state index contributed by atoms with van der Waals surface area (Å²) >= 11 is 0. The molecule has 1 fully saturated rings. The van der Waals surface area contributed by atoms with E-state index >= 15 is 0 Å². The van der Waals surface area contributed by atoms with E-state index in [0.29, 0.717) is 18.3 Å². The van der Waals surface area contributed by atoms with E-state index in [4.69, 9.17) is 5.73 Å². The fraction of sp³-hybridized carbons (Fsp3) is 0.714. The maximum atomic E-state index is 10.0. The molecule has 0 aliphatic heterocycles. The van der Waals surface area contributed by atoms with Crippen LogP contribution in [-0.2, 0) is 0 Å². The number of nitrogens with two attached hydrogens (primary N) is 1. The number of anilines is 2. The Morgan fingerprint density at radius 2 is 2.00 bits per heavy atom. The van der Waals surface area contributed by atoms with Crippen molar-refractivity contribution in [1.29, 1.82) is 0 Å². The normalized spacial score (nSPS) is 15.6. The van der Waals surface area contributed by atoms with Gasteiger partial charge >= 0.3 is 0 Å². The average Bonchev–Trinajstić information content (AvgIpc) is 3.12. The van der Waals surface area contributed by atoms with E-state index in [1.165, 1.54) is 0 Å². The first kappa shape index (κ1) is 14.1. The van der Waals surface area contributed by atoms with Crippen molar-refractivity contribution in [2.75, 3.05) is 23.7 Å². The highest BCUT2D eigenvalue weighted by molar-refractivity contribution is 5.57. The van der Waals surface area contributed by atoms with Crippen LogP contribution in [-0.4, -0.2) is 33.8 Å². The van der Waals surface area contributed by atoms with Crippen LogP contribution < -0.4 is 10.6 Å². The summed E-state index contributed by atoms with van der Waals surface area (Å²) in [5, 5.41) is 10.0.